The minimum Gasteiger partial charge on any atom is -0.386 e. The fourth-order valence-electron chi connectivity index (χ4n) is 5.39. The molecule has 1 atom stereocenters. The molecule has 0 radical (unpaired) electrons. The van der Waals surface area contributed by atoms with Gasteiger partial charge >= 0.3 is 0 Å². The largest absolute Gasteiger partial charge is 0.386 e. The highest BCUT2D eigenvalue weighted by Gasteiger charge is 2.49. The topological polar surface area (TPSA) is 50.9 Å². The monoisotopic (exact) mass is 395 g/mol. The van der Waals surface area contributed by atoms with E-state index in [1.807, 2.05) is 6.07 Å². The van der Waals surface area contributed by atoms with Crippen LogP contribution in [0.25, 0.3) is 11.2 Å². The predicted octanol–water partition coefficient (Wildman–Crippen LogP) is 5.53. The number of hydrogen-bond acceptors (Lipinski definition) is 3. The number of alkyl halides is 2. The van der Waals surface area contributed by atoms with Crippen LogP contribution in [0.1, 0.15) is 66.2 Å². The van der Waals surface area contributed by atoms with Gasteiger partial charge in [-0.25, -0.2) is 18.7 Å². The first kappa shape index (κ1) is 20.4. The molecule has 0 saturated heterocycles. The first-order chi connectivity index (χ1) is 12.5. The summed E-state index contributed by atoms with van der Waals surface area (Å²) in [6, 6.07) is 1.95. The third kappa shape index (κ3) is 3.22. The predicted molar refractivity (Wildman–Crippen MR) is 107 cm³/mol. The highest BCUT2D eigenvalue weighted by molar-refractivity contribution is 6.82. The van der Waals surface area contributed by atoms with Crippen LogP contribution in [0.3, 0.4) is 0 Å². The lowest BCUT2D eigenvalue weighted by molar-refractivity contribution is -0.143. The summed E-state index contributed by atoms with van der Waals surface area (Å²) in [5.74, 6) is -3.09. The molecule has 0 bridgehead atoms. The molecule has 150 valence electrons. The second kappa shape index (κ2) is 6.92. The molecule has 0 aliphatic heterocycles. The Hall–Kier alpha value is -1.34. The van der Waals surface area contributed by atoms with Crippen LogP contribution in [0.4, 0.5) is 8.78 Å². The van der Waals surface area contributed by atoms with Gasteiger partial charge in [-0.15, -0.1) is 0 Å². The smallest absolute Gasteiger partial charge is 0.248 e. The molecule has 0 spiro atoms. The van der Waals surface area contributed by atoms with Crippen LogP contribution in [0.2, 0.25) is 16.6 Å². The maximum atomic E-state index is 13.1. The van der Waals surface area contributed by atoms with E-state index < -0.39 is 26.2 Å². The van der Waals surface area contributed by atoms with Crippen molar-refractivity contribution in [2.75, 3.05) is 0 Å². The van der Waals surface area contributed by atoms with Crippen molar-refractivity contribution in [2.45, 2.75) is 83.0 Å². The van der Waals surface area contributed by atoms with E-state index in [9.17, 15) is 13.9 Å². The van der Waals surface area contributed by atoms with Crippen molar-refractivity contribution in [3.63, 3.8) is 0 Å². The molecule has 1 unspecified atom stereocenters. The number of nitrogens with zero attached hydrogens (tertiary/aromatic N) is 3. The highest BCUT2D eigenvalue weighted by atomic mass is 28.3. The number of rotatable bonds is 6. The molecule has 2 heterocycles. The molecule has 4 nitrogen and oxygen atoms in total. The van der Waals surface area contributed by atoms with Crippen LogP contribution in [0, 0.1) is 5.92 Å². The van der Waals surface area contributed by atoms with Crippen molar-refractivity contribution < 1.29 is 13.9 Å². The van der Waals surface area contributed by atoms with Gasteiger partial charge in [-0.2, -0.15) is 0 Å². The molecular weight excluding hydrogens is 364 g/mol. The van der Waals surface area contributed by atoms with E-state index in [4.69, 9.17) is 0 Å². The molecule has 1 saturated carbocycles. The molecule has 2 aromatic heterocycles. The molecule has 1 N–H and O–H groups in total. The van der Waals surface area contributed by atoms with Crippen molar-refractivity contribution >= 4 is 19.4 Å². The van der Waals surface area contributed by atoms with Crippen LogP contribution in [0.5, 0.6) is 0 Å². The zero-order valence-corrected chi connectivity index (χ0v) is 18.1. The molecule has 0 aromatic carbocycles. The second-order valence-electron chi connectivity index (χ2n) is 9.01. The van der Waals surface area contributed by atoms with Gasteiger partial charge in [-0.3, -0.25) is 0 Å². The van der Waals surface area contributed by atoms with Gasteiger partial charge in [0.25, 0.3) is 0 Å². The first-order valence-electron chi connectivity index (χ1n) is 9.91. The number of hydrogen-bond donors (Lipinski definition) is 1. The number of aliphatic hydroxyl groups excluding tert-OH is 1. The van der Waals surface area contributed by atoms with Crippen LogP contribution in [-0.4, -0.2) is 33.5 Å². The Bertz CT molecular complexity index is 789. The molecule has 3 rings (SSSR count). The number of aromatic nitrogens is 3. The minimum atomic E-state index is -2.65. The summed E-state index contributed by atoms with van der Waals surface area (Å²) in [7, 11) is -1.94. The second-order valence-corrected chi connectivity index (χ2v) is 14.7. The zero-order valence-electron chi connectivity index (χ0n) is 17.1. The van der Waals surface area contributed by atoms with E-state index in [0.29, 0.717) is 22.3 Å². The van der Waals surface area contributed by atoms with Gasteiger partial charge in [0.1, 0.15) is 11.6 Å². The van der Waals surface area contributed by atoms with Crippen LogP contribution < -0.4 is 0 Å². The summed E-state index contributed by atoms with van der Waals surface area (Å²) >= 11 is 0. The maximum absolute atomic E-state index is 13.1. The molecule has 1 fully saturated rings. The van der Waals surface area contributed by atoms with E-state index in [1.165, 1.54) is 0 Å². The lowest BCUT2D eigenvalue weighted by atomic mass is 9.77. The van der Waals surface area contributed by atoms with E-state index in [1.54, 1.807) is 6.20 Å². The van der Waals surface area contributed by atoms with Crippen LogP contribution in [-0.2, 0) is 0 Å². The average molecular weight is 396 g/mol. The van der Waals surface area contributed by atoms with Crippen molar-refractivity contribution in [1.29, 1.82) is 0 Å². The van der Waals surface area contributed by atoms with E-state index in [0.717, 1.165) is 11.2 Å². The van der Waals surface area contributed by atoms with Crippen molar-refractivity contribution in [2.24, 2.45) is 5.92 Å². The lowest BCUT2D eigenvalue weighted by Crippen LogP contribution is -2.51. The minimum absolute atomic E-state index is 0.279. The Morgan fingerprint density at radius 2 is 1.67 bits per heavy atom. The Kier molecular flexibility index (Phi) is 5.23. The molecule has 1 aliphatic carbocycles. The van der Waals surface area contributed by atoms with Gasteiger partial charge < -0.3 is 9.34 Å². The summed E-state index contributed by atoms with van der Waals surface area (Å²) in [6.45, 7) is 13.8. The molecule has 2 aromatic rings. The van der Waals surface area contributed by atoms with E-state index >= 15 is 0 Å². The van der Waals surface area contributed by atoms with Crippen LogP contribution >= 0.6 is 0 Å². The van der Waals surface area contributed by atoms with Gasteiger partial charge in [0.05, 0.1) is 11.9 Å². The lowest BCUT2D eigenvalue weighted by Gasteiger charge is -2.44. The number of aliphatic hydroxyl groups is 1. The fraction of sp³-hybridized carbons (Fsp3) is 0.700. The summed E-state index contributed by atoms with van der Waals surface area (Å²) < 4.78 is 28.6. The fourth-order valence-corrected chi connectivity index (χ4v) is 11.9. The molecule has 1 aliphatic rings. The summed E-state index contributed by atoms with van der Waals surface area (Å²) in [5, 5.41) is 10.4. The Morgan fingerprint density at radius 3 is 2.15 bits per heavy atom. The van der Waals surface area contributed by atoms with Gasteiger partial charge in [-0.05, 0) is 28.9 Å². The van der Waals surface area contributed by atoms with Gasteiger partial charge in [0.2, 0.25) is 5.92 Å². The molecule has 7 heteroatoms. The highest BCUT2D eigenvalue weighted by Crippen LogP contribution is 2.48. The Balaban J connectivity index is 2.00. The zero-order chi connectivity index (χ0) is 20.1. The van der Waals surface area contributed by atoms with Crippen molar-refractivity contribution in [3.05, 3.63) is 24.2 Å². The van der Waals surface area contributed by atoms with Gasteiger partial charge in [0.15, 0.2) is 13.9 Å². The molecular formula is C20H31F2N3OSi. The number of halogens is 2. The Labute approximate surface area is 161 Å². The third-order valence-corrected chi connectivity index (χ3v) is 13.2. The van der Waals surface area contributed by atoms with Gasteiger partial charge in [-0.1, -0.05) is 41.5 Å². The molecule has 27 heavy (non-hydrogen) atoms. The standard InChI is InChI=1S/C20H31F2N3OSi/c1-12(2)27(13(3)4,14(5)6)25-8-7-16-19(25)23-11-17(24-16)18(26)15-9-20(21,22)10-15/h7-8,11-15,18,26H,9-10H2,1-6H3. The maximum Gasteiger partial charge on any atom is 0.248 e. The van der Waals surface area contributed by atoms with Crippen molar-refractivity contribution in [1.82, 2.24) is 14.2 Å². The third-order valence-electron chi connectivity index (χ3n) is 6.47. The quantitative estimate of drug-likeness (QED) is 0.654. The summed E-state index contributed by atoms with van der Waals surface area (Å²) in [6.07, 6.45) is 2.12. The van der Waals surface area contributed by atoms with Crippen molar-refractivity contribution in [3.8, 4) is 0 Å². The normalized spacial score (nSPS) is 19.3. The SMILES string of the molecule is CC(C)[Si](C(C)C)(C(C)C)n1ccc2nc(C(O)C3CC(F)(F)C3)cnc21. The average Bonchev–Trinajstić information content (AvgIpc) is 2.95. The van der Waals surface area contributed by atoms with Gasteiger partial charge in [0, 0.05) is 18.8 Å². The first-order valence-corrected chi connectivity index (χ1v) is 12.1. The van der Waals surface area contributed by atoms with E-state index in [-0.39, 0.29) is 12.8 Å². The summed E-state index contributed by atoms with van der Waals surface area (Å²) in [5.41, 5.74) is 3.54. The van der Waals surface area contributed by atoms with Crippen LogP contribution in [0.15, 0.2) is 18.5 Å². The Morgan fingerprint density at radius 1 is 1.11 bits per heavy atom. The molecule has 0 amide bonds. The number of fused-ring (bicyclic) bond motifs is 1. The summed E-state index contributed by atoms with van der Waals surface area (Å²) in [4.78, 5) is 9.22. The van der Waals surface area contributed by atoms with E-state index in [2.05, 4.69) is 61.9 Å².